The Kier molecular flexibility index (Phi) is 8.63. The van der Waals surface area contributed by atoms with Crippen LogP contribution in [0, 0.1) is 0 Å². The van der Waals surface area contributed by atoms with E-state index >= 15 is 0 Å². The Morgan fingerprint density at radius 2 is 2.19 bits per heavy atom. The van der Waals surface area contributed by atoms with Crippen LogP contribution in [-0.2, 0) is 32.3 Å². The number of unbranched alkanes of at least 4 members (excludes halogenated alkanes) is 1. The molecule has 0 spiro atoms. The van der Waals surface area contributed by atoms with Crippen LogP contribution in [0.4, 0.5) is 0 Å². The van der Waals surface area contributed by atoms with Gasteiger partial charge in [0.05, 0.1) is 18.8 Å². The van der Waals surface area contributed by atoms with Crippen molar-refractivity contribution >= 4 is 33.1 Å². The number of carbonyl (C=O) groups excluding carboxylic acids is 1. The molecule has 27 heavy (non-hydrogen) atoms. The molecular weight excluding hydrogens is 394 g/mol. The molecule has 0 aliphatic heterocycles. The number of thiocarbonyl (C=S) groups is 1. The van der Waals surface area contributed by atoms with Crippen LogP contribution in [0.5, 0.6) is 0 Å². The molecule has 1 aromatic heterocycles. The van der Waals surface area contributed by atoms with Gasteiger partial charge < -0.3 is 14.2 Å². The molecule has 0 radical (unpaired) electrons. The maximum Gasteiger partial charge on any atom is 0.264 e. The summed E-state index contributed by atoms with van der Waals surface area (Å²) in [4.78, 5) is 13.5. The van der Waals surface area contributed by atoms with Crippen LogP contribution in [0.25, 0.3) is 0 Å². The van der Waals surface area contributed by atoms with Gasteiger partial charge in [-0.05, 0) is 38.4 Å². The van der Waals surface area contributed by atoms with Gasteiger partial charge in [-0.3, -0.25) is 10.0 Å². The Labute approximate surface area is 164 Å². The Balaban J connectivity index is 2.69. The van der Waals surface area contributed by atoms with Gasteiger partial charge >= 0.3 is 0 Å². The van der Waals surface area contributed by atoms with Crippen molar-refractivity contribution in [2.75, 3.05) is 19.9 Å². The van der Waals surface area contributed by atoms with Crippen molar-refractivity contribution in [3.63, 3.8) is 0 Å². The van der Waals surface area contributed by atoms with Crippen LogP contribution in [0.3, 0.4) is 0 Å². The number of hydroxylamine groups is 1. The molecule has 0 aliphatic carbocycles. The quantitative estimate of drug-likeness (QED) is 0.250. The molecule has 0 saturated heterocycles. The first-order valence-corrected chi connectivity index (χ1v) is 10.8. The molecule has 1 unspecified atom stereocenters. The summed E-state index contributed by atoms with van der Waals surface area (Å²) in [7, 11) is -1.99. The first-order chi connectivity index (χ1) is 12.5. The lowest BCUT2D eigenvalue weighted by atomic mass is 10.0. The Hall–Kier alpha value is -1.72. The number of aryl methyl sites for hydroxylation is 1. The van der Waals surface area contributed by atoms with E-state index in [1.807, 2.05) is 0 Å². The van der Waals surface area contributed by atoms with Gasteiger partial charge in [-0.25, -0.2) is 13.9 Å². The molecular formula is C16H27N3O6S2. The fourth-order valence-corrected chi connectivity index (χ4v) is 3.22. The van der Waals surface area contributed by atoms with E-state index in [1.54, 1.807) is 18.0 Å². The van der Waals surface area contributed by atoms with E-state index < -0.39 is 20.5 Å². The van der Waals surface area contributed by atoms with Gasteiger partial charge in [0, 0.05) is 19.4 Å². The average molecular weight is 422 g/mol. The maximum atomic E-state index is 12.0. The highest BCUT2D eigenvalue weighted by atomic mass is 32.2. The Morgan fingerprint density at radius 1 is 1.52 bits per heavy atom. The summed E-state index contributed by atoms with van der Waals surface area (Å²) in [6.45, 7) is 4.22. The summed E-state index contributed by atoms with van der Waals surface area (Å²) in [5.74, 6) is -0.454. The molecule has 1 amide bonds. The lowest BCUT2D eigenvalue weighted by molar-refractivity contribution is -0.131. The highest BCUT2D eigenvalue weighted by Crippen LogP contribution is 2.23. The van der Waals surface area contributed by atoms with E-state index in [9.17, 15) is 13.2 Å². The van der Waals surface area contributed by atoms with Crippen molar-refractivity contribution in [2.45, 2.75) is 50.8 Å². The van der Waals surface area contributed by atoms with E-state index in [4.69, 9.17) is 26.7 Å². The lowest BCUT2D eigenvalue weighted by Gasteiger charge is -2.24. The normalized spacial score (nSPS) is 13.7. The number of hydrogen-bond donors (Lipinski definition) is 2. The van der Waals surface area contributed by atoms with E-state index in [1.165, 1.54) is 12.4 Å². The van der Waals surface area contributed by atoms with Gasteiger partial charge in [0.1, 0.15) is 4.75 Å². The van der Waals surface area contributed by atoms with Crippen LogP contribution in [0.1, 0.15) is 44.6 Å². The molecule has 0 fully saturated rings. The van der Waals surface area contributed by atoms with E-state index in [0.29, 0.717) is 29.8 Å². The molecule has 0 bridgehead atoms. The SMILES string of the molecule is CCCCOC(=S)N(C)Cc1cc(CCC(C)(C(=O)NO)S(C)(=O)=O)no1. The fourth-order valence-electron chi connectivity index (χ4n) is 2.21. The Bertz CT molecular complexity index is 749. The highest BCUT2D eigenvalue weighted by molar-refractivity contribution is 7.92. The largest absolute Gasteiger partial charge is 0.471 e. The third-order valence-electron chi connectivity index (χ3n) is 4.29. The minimum atomic E-state index is -3.75. The fraction of sp³-hybridized carbons (Fsp3) is 0.688. The summed E-state index contributed by atoms with van der Waals surface area (Å²) >= 11 is 5.19. The number of sulfone groups is 1. The smallest absolute Gasteiger partial charge is 0.264 e. The standard InChI is InChI=1S/C16H27N3O6S2/c1-5-6-9-24-15(26)19(3)11-13-10-12(18-25-13)7-8-16(2,14(20)17-21)27(4,22)23/h10,21H,5-9,11H2,1-4H3,(H,17,20). The zero-order valence-corrected chi connectivity index (χ0v) is 17.7. The number of ether oxygens (including phenoxy) is 1. The molecule has 1 aromatic rings. The minimum absolute atomic E-state index is 0.0570. The average Bonchev–Trinajstić information content (AvgIpc) is 3.05. The van der Waals surface area contributed by atoms with Crippen LogP contribution < -0.4 is 5.48 Å². The molecule has 1 rings (SSSR count). The summed E-state index contributed by atoms with van der Waals surface area (Å²) in [6.07, 6.45) is 3.00. The number of amides is 1. The van der Waals surface area contributed by atoms with Crippen molar-refractivity contribution in [1.82, 2.24) is 15.5 Å². The third kappa shape index (κ3) is 6.43. The van der Waals surface area contributed by atoms with Crippen molar-refractivity contribution in [2.24, 2.45) is 0 Å². The van der Waals surface area contributed by atoms with E-state index in [2.05, 4.69) is 12.1 Å². The first kappa shape index (κ1) is 23.3. The summed E-state index contributed by atoms with van der Waals surface area (Å²) in [6, 6.07) is 1.67. The number of nitrogens with zero attached hydrogens (tertiary/aromatic N) is 2. The van der Waals surface area contributed by atoms with Gasteiger partial charge in [-0.2, -0.15) is 0 Å². The van der Waals surface area contributed by atoms with Crippen LogP contribution >= 0.6 is 12.2 Å². The van der Waals surface area contributed by atoms with Crippen LogP contribution in [0.15, 0.2) is 10.6 Å². The molecule has 2 N–H and O–H groups in total. The van der Waals surface area contributed by atoms with Crippen molar-refractivity contribution < 1.29 is 27.7 Å². The van der Waals surface area contributed by atoms with E-state index in [-0.39, 0.29) is 12.8 Å². The maximum absolute atomic E-state index is 12.0. The topological polar surface area (TPSA) is 122 Å². The van der Waals surface area contributed by atoms with Crippen molar-refractivity contribution in [3.05, 3.63) is 17.5 Å². The predicted molar refractivity (Wildman–Crippen MR) is 103 cm³/mol. The predicted octanol–water partition coefficient (Wildman–Crippen LogP) is 1.45. The van der Waals surface area contributed by atoms with Crippen LogP contribution in [0.2, 0.25) is 0 Å². The zero-order valence-electron chi connectivity index (χ0n) is 16.0. The number of carbonyl (C=O) groups is 1. The summed E-state index contributed by atoms with van der Waals surface area (Å²) in [5, 5.41) is 13.1. The molecule has 0 aromatic carbocycles. The second-order valence-electron chi connectivity index (χ2n) is 6.55. The summed E-state index contributed by atoms with van der Waals surface area (Å²) < 4.78 is 32.8. The zero-order chi connectivity index (χ0) is 20.7. The minimum Gasteiger partial charge on any atom is -0.471 e. The second kappa shape index (κ2) is 10.00. The summed E-state index contributed by atoms with van der Waals surface area (Å²) in [5.41, 5.74) is 1.91. The number of rotatable bonds is 10. The molecule has 9 nitrogen and oxygen atoms in total. The van der Waals surface area contributed by atoms with E-state index in [0.717, 1.165) is 19.1 Å². The molecule has 154 valence electrons. The van der Waals surface area contributed by atoms with Gasteiger partial charge in [-0.15, -0.1) is 0 Å². The highest BCUT2D eigenvalue weighted by Gasteiger charge is 2.43. The molecule has 0 saturated carbocycles. The first-order valence-electron chi connectivity index (χ1n) is 8.51. The third-order valence-corrected chi connectivity index (χ3v) is 6.75. The molecule has 11 heteroatoms. The van der Waals surface area contributed by atoms with Gasteiger partial charge in [0.25, 0.3) is 11.1 Å². The monoisotopic (exact) mass is 421 g/mol. The number of nitrogens with one attached hydrogen (secondary N) is 1. The molecule has 1 atom stereocenters. The molecule has 1 heterocycles. The van der Waals surface area contributed by atoms with Crippen molar-refractivity contribution in [3.8, 4) is 0 Å². The van der Waals surface area contributed by atoms with Crippen molar-refractivity contribution in [1.29, 1.82) is 0 Å². The lowest BCUT2D eigenvalue weighted by Crippen LogP contribution is -2.49. The van der Waals surface area contributed by atoms with Gasteiger partial charge in [0.15, 0.2) is 15.6 Å². The number of hydrogen-bond acceptors (Lipinski definition) is 8. The second-order valence-corrected chi connectivity index (χ2v) is 9.35. The number of aromatic nitrogens is 1. The van der Waals surface area contributed by atoms with Gasteiger partial charge in [0.2, 0.25) is 0 Å². The van der Waals surface area contributed by atoms with Gasteiger partial charge in [-0.1, -0.05) is 18.5 Å². The van der Waals surface area contributed by atoms with Crippen LogP contribution in [-0.4, -0.2) is 59.4 Å². The molecule has 0 aliphatic rings. The Morgan fingerprint density at radius 3 is 2.74 bits per heavy atom.